The highest BCUT2D eigenvalue weighted by Gasteiger charge is 2.29. The number of ether oxygens (including phenoxy) is 3. The van der Waals surface area contributed by atoms with E-state index >= 15 is 0 Å². The molecule has 0 spiro atoms. The normalized spacial score (nSPS) is 11.8. The summed E-state index contributed by atoms with van der Waals surface area (Å²) in [6, 6.07) is 10.1. The first kappa shape index (κ1) is 22.5. The molecule has 0 saturated heterocycles. The second-order valence-corrected chi connectivity index (χ2v) is 9.68. The van der Waals surface area contributed by atoms with E-state index in [0.717, 1.165) is 9.86 Å². The minimum Gasteiger partial charge on any atom is -0.497 e. The van der Waals surface area contributed by atoms with Crippen molar-refractivity contribution in [2.75, 3.05) is 41.5 Å². The van der Waals surface area contributed by atoms with Gasteiger partial charge in [0.15, 0.2) is 0 Å². The van der Waals surface area contributed by atoms with E-state index in [0.29, 0.717) is 35.9 Å². The molecule has 0 aliphatic rings. The Morgan fingerprint density at radius 3 is 2.43 bits per heavy atom. The van der Waals surface area contributed by atoms with Crippen LogP contribution in [0.1, 0.15) is 5.69 Å². The Morgan fingerprint density at radius 1 is 1.07 bits per heavy atom. The van der Waals surface area contributed by atoms with E-state index in [1.54, 1.807) is 25.1 Å². The summed E-state index contributed by atoms with van der Waals surface area (Å²) in [4.78, 5) is 2.05. The SMILES string of the molecule is COc1ccc(S(=O)(=O)n2c(C)c(OCCN(C)C)c3cc(Br)ccc32)c(OC)c1. The summed E-state index contributed by atoms with van der Waals surface area (Å²) in [7, 11) is 2.89. The van der Waals surface area contributed by atoms with Crippen molar-refractivity contribution in [1.82, 2.24) is 8.87 Å². The lowest BCUT2D eigenvalue weighted by molar-refractivity contribution is 0.262. The highest BCUT2D eigenvalue weighted by Crippen LogP contribution is 2.39. The summed E-state index contributed by atoms with van der Waals surface area (Å²) in [5, 5.41) is 0.719. The van der Waals surface area contributed by atoms with Crippen LogP contribution in [-0.2, 0) is 10.0 Å². The first-order valence-corrected chi connectivity index (χ1v) is 11.5. The molecule has 0 fully saturated rings. The maximum Gasteiger partial charge on any atom is 0.272 e. The van der Waals surface area contributed by atoms with Gasteiger partial charge in [0.05, 0.1) is 25.4 Å². The topological polar surface area (TPSA) is 70.0 Å². The molecule has 0 amide bonds. The second kappa shape index (κ2) is 8.87. The molecule has 0 saturated carbocycles. The number of rotatable bonds is 8. The Bertz CT molecular complexity index is 1170. The molecule has 9 heteroatoms. The zero-order valence-corrected chi connectivity index (χ0v) is 20.0. The van der Waals surface area contributed by atoms with Crippen molar-refractivity contribution in [3.63, 3.8) is 0 Å². The number of hydrogen-bond acceptors (Lipinski definition) is 6. The third-order valence-electron chi connectivity index (χ3n) is 4.73. The maximum atomic E-state index is 13.7. The van der Waals surface area contributed by atoms with Crippen LogP contribution in [0.25, 0.3) is 10.9 Å². The zero-order chi connectivity index (χ0) is 22.1. The van der Waals surface area contributed by atoms with Gasteiger partial charge in [-0.1, -0.05) is 15.9 Å². The Labute approximate surface area is 185 Å². The summed E-state index contributed by atoms with van der Waals surface area (Å²) in [6.07, 6.45) is 0. The average molecular weight is 497 g/mol. The van der Waals surface area contributed by atoms with Crippen LogP contribution in [0.2, 0.25) is 0 Å². The van der Waals surface area contributed by atoms with E-state index < -0.39 is 10.0 Å². The summed E-state index contributed by atoms with van der Waals surface area (Å²) in [5.74, 6) is 1.27. The monoisotopic (exact) mass is 496 g/mol. The molecule has 0 N–H and O–H groups in total. The van der Waals surface area contributed by atoms with Gasteiger partial charge in [0.25, 0.3) is 10.0 Å². The highest BCUT2D eigenvalue weighted by molar-refractivity contribution is 9.10. The molecule has 0 atom stereocenters. The molecule has 3 rings (SSSR count). The van der Waals surface area contributed by atoms with Gasteiger partial charge in [-0.2, -0.15) is 0 Å². The van der Waals surface area contributed by atoms with E-state index in [2.05, 4.69) is 15.9 Å². The number of benzene rings is 2. The number of halogens is 1. The molecule has 162 valence electrons. The predicted molar refractivity (Wildman–Crippen MR) is 121 cm³/mol. The zero-order valence-electron chi connectivity index (χ0n) is 17.6. The van der Waals surface area contributed by atoms with E-state index in [-0.39, 0.29) is 10.6 Å². The molecule has 0 aliphatic carbocycles. The van der Waals surface area contributed by atoms with Gasteiger partial charge >= 0.3 is 0 Å². The number of likely N-dealkylation sites (N-methyl/N-ethyl adjacent to an activating group) is 1. The Morgan fingerprint density at radius 2 is 1.80 bits per heavy atom. The lowest BCUT2D eigenvalue weighted by Gasteiger charge is -2.14. The summed E-state index contributed by atoms with van der Waals surface area (Å²) in [5.41, 5.74) is 1.04. The molecule has 7 nitrogen and oxygen atoms in total. The Hall–Kier alpha value is -2.23. The number of aromatic nitrogens is 1. The van der Waals surface area contributed by atoms with Crippen molar-refractivity contribution >= 4 is 36.9 Å². The molecule has 0 radical (unpaired) electrons. The average Bonchev–Trinajstić information content (AvgIpc) is 2.98. The van der Waals surface area contributed by atoms with Crippen molar-refractivity contribution < 1.29 is 22.6 Å². The second-order valence-electron chi connectivity index (χ2n) is 7.01. The Kier molecular flexibility index (Phi) is 6.64. The molecule has 3 aromatic rings. The largest absolute Gasteiger partial charge is 0.497 e. The predicted octanol–water partition coefficient (Wildman–Crippen LogP) is 3.91. The fraction of sp³-hybridized carbons (Fsp3) is 0.333. The van der Waals surface area contributed by atoms with E-state index in [1.165, 1.54) is 24.3 Å². The molecule has 0 unspecified atom stereocenters. The molecular formula is C21H25BrN2O5S. The number of hydrogen-bond donors (Lipinski definition) is 0. The minimum absolute atomic E-state index is 0.0496. The molecule has 30 heavy (non-hydrogen) atoms. The maximum absolute atomic E-state index is 13.7. The van der Waals surface area contributed by atoms with Gasteiger partial charge in [0.1, 0.15) is 28.8 Å². The Balaban J connectivity index is 2.21. The third kappa shape index (κ3) is 4.14. The van der Waals surface area contributed by atoms with Gasteiger partial charge in [0, 0.05) is 22.5 Å². The van der Waals surface area contributed by atoms with E-state index in [1.807, 2.05) is 31.1 Å². The molecule has 0 aliphatic heterocycles. The van der Waals surface area contributed by atoms with Crippen LogP contribution in [0.4, 0.5) is 0 Å². The molecule has 0 bridgehead atoms. The highest BCUT2D eigenvalue weighted by atomic mass is 79.9. The van der Waals surface area contributed by atoms with E-state index in [4.69, 9.17) is 14.2 Å². The lowest BCUT2D eigenvalue weighted by Crippen LogP contribution is -2.20. The van der Waals surface area contributed by atoms with Crippen molar-refractivity contribution in [3.8, 4) is 17.2 Å². The van der Waals surface area contributed by atoms with Crippen molar-refractivity contribution in [1.29, 1.82) is 0 Å². The summed E-state index contributed by atoms with van der Waals surface area (Å²) in [6.45, 7) is 2.89. The lowest BCUT2D eigenvalue weighted by atomic mass is 10.2. The third-order valence-corrected chi connectivity index (χ3v) is 7.07. The molecule has 2 aromatic carbocycles. The van der Waals surface area contributed by atoms with Crippen molar-refractivity contribution in [3.05, 3.63) is 46.6 Å². The van der Waals surface area contributed by atoms with Crippen LogP contribution < -0.4 is 14.2 Å². The van der Waals surface area contributed by atoms with Crippen LogP contribution in [0.3, 0.4) is 0 Å². The number of methoxy groups -OCH3 is 2. The first-order chi connectivity index (χ1) is 14.2. The summed E-state index contributed by atoms with van der Waals surface area (Å²) < 4.78 is 46.1. The van der Waals surface area contributed by atoms with Crippen molar-refractivity contribution in [2.45, 2.75) is 11.8 Å². The van der Waals surface area contributed by atoms with Gasteiger partial charge in [0.2, 0.25) is 0 Å². The van der Waals surface area contributed by atoms with Gasteiger partial charge in [-0.3, -0.25) is 0 Å². The van der Waals surface area contributed by atoms with Crippen molar-refractivity contribution in [2.24, 2.45) is 0 Å². The van der Waals surface area contributed by atoms with Crippen LogP contribution in [0.5, 0.6) is 17.2 Å². The minimum atomic E-state index is -3.97. The van der Waals surface area contributed by atoms with Crippen LogP contribution >= 0.6 is 15.9 Å². The van der Waals surface area contributed by atoms with Crippen LogP contribution in [0, 0.1) is 6.92 Å². The quantitative estimate of drug-likeness (QED) is 0.470. The van der Waals surface area contributed by atoms with Crippen LogP contribution in [0.15, 0.2) is 45.8 Å². The van der Waals surface area contributed by atoms with E-state index in [9.17, 15) is 8.42 Å². The summed E-state index contributed by atoms with van der Waals surface area (Å²) >= 11 is 3.47. The standard InChI is InChI=1S/C21H25BrN2O5S/c1-14-21(29-11-10-23(2)3)17-12-15(22)6-8-18(17)24(14)30(25,26)20-9-7-16(27-4)13-19(20)28-5/h6-9,12-13H,10-11H2,1-5H3. The molecular weight excluding hydrogens is 472 g/mol. The first-order valence-electron chi connectivity index (χ1n) is 9.26. The molecule has 1 aromatic heterocycles. The molecule has 1 heterocycles. The van der Waals surface area contributed by atoms with Gasteiger partial charge in [-0.25, -0.2) is 12.4 Å². The van der Waals surface area contributed by atoms with Crippen LogP contribution in [-0.4, -0.2) is 58.8 Å². The fourth-order valence-electron chi connectivity index (χ4n) is 3.24. The van der Waals surface area contributed by atoms with Gasteiger partial charge in [-0.05, 0) is 51.4 Å². The van der Waals surface area contributed by atoms with Gasteiger partial charge < -0.3 is 19.1 Å². The number of fused-ring (bicyclic) bond motifs is 1. The smallest absolute Gasteiger partial charge is 0.272 e. The number of nitrogens with zero attached hydrogens (tertiary/aromatic N) is 2. The van der Waals surface area contributed by atoms with Gasteiger partial charge in [-0.15, -0.1) is 0 Å². The fourth-order valence-corrected chi connectivity index (χ4v) is 5.30.